The molecule has 108 valence electrons. The van der Waals surface area contributed by atoms with E-state index in [1.807, 2.05) is 43.5 Å². The van der Waals surface area contributed by atoms with Crippen LogP contribution in [-0.2, 0) is 11.3 Å². The van der Waals surface area contributed by atoms with Gasteiger partial charge < -0.3 is 11.1 Å². The molecular weight excluding hydrogens is 276 g/mol. The number of hydrogen-bond donors (Lipinski definition) is 2. The van der Waals surface area contributed by atoms with E-state index in [2.05, 4.69) is 10.4 Å². The Kier molecular flexibility index (Phi) is 6.21. The van der Waals surface area contributed by atoms with Crippen LogP contribution in [0.25, 0.3) is 5.69 Å². The lowest BCUT2D eigenvalue weighted by Gasteiger charge is -2.13. The third-order valence-corrected chi connectivity index (χ3v) is 2.97. The molecule has 2 aromatic rings. The minimum absolute atomic E-state index is 0. The smallest absolute Gasteiger partial charge is 0.237 e. The highest BCUT2D eigenvalue weighted by Gasteiger charge is 2.11. The minimum atomic E-state index is -0.447. The molecule has 1 atom stereocenters. The molecule has 0 aliphatic heterocycles. The zero-order valence-corrected chi connectivity index (χ0v) is 12.1. The molecule has 1 amide bonds. The van der Waals surface area contributed by atoms with E-state index in [9.17, 15) is 4.79 Å². The fraction of sp³-hybridized carbons (Fsp3) is 0.286. The Morgan fingerprint density at radius 1 is 1.40 bits per heavy atom. The first-order valence-electron chi connectivity index (χ1n) is 6.33. The normalized spacial score (nSPS) is 11.5. The Balaban J connectivity index is 0.00000200. The molecule has 6 heteroatoms. The summed E-state index contributed by atoms with van der Waals surface area (Å²) in [7, 11) is 0. The summed E-state index contributed by atoms with van der Waals surface area (Å²) in [4.78, 5) is 11.7. The predicted molar refractivity (Wildman–Crippen MR) is 80.9 cm³/mol. The van der Waals surface area contributed by atoms with Crippen molar-refractivity contribution in [3.05, 3.63) is 48.3 Å². The molecule has 1 heterocycles. The molecule has 0 radical (unpaired) electrons. The van der Waals surface area contributed by atoms with Gasteiger partial charge in [-0.15, -0.1) is 12.4 Å². The average Bonchev–Trinajstić information content (AvgIpc) is 2.98. The van der Waals surface area contributed by atoms with Crippen molar-refractivity contribution in [1.29, 1.82) is 0 Å². The monoisotopic (exact) mass is 294 g/mol. The molecule has 0 spiro atoms. The number of carbonyl (C=O) groups is 1. The van der Waals surface area contributed by atoms with Crippen LogP contribution in [-0.4, -0.2) is 21.7 Å². The molecule has 1 aromatic heterocycles. The maximum Gasteiger partial charge on any atom is 0.237 e. The topological polar surface area (TPSA) is 72.9 Å². The summed E-state index contributed by atoms with van der Waals surface area (Å²) in [6.07, 6.45) is 4.23. The highest BCUT2D eigenvalue weighted by Crippen LogP contribution is 2.13. The highest BCUT2D eigenvalue weighted by atomic mass is 35.5. The van der Waals surface area contributed by atoms with Gasteiger partial charge in [0.25, 0.3) is 0 Å². The van der Waals surface area contributed by atoms with Gasteiger partial charge in [-0.25, -0.2) is 4.68 Å². The van der Waals surface area contributed by atoms with Crippen molar-refractivity contribution in [2.24, 2.45) is 5.73 Å². The van der Waals surface area contributed by atoms with Crippen LogP contribution in [0, 0.1) is 0 Å². The predicted octanol–water partition coefficient (Wildman–Crippen LogP) is 1.65. The van der Waals surface area contributed by atoms with Crippen LogP contribution in [0.4, 0.5) is 0 Å². The Labute approximate surface area is 124 Å². The first-order valence-corrected chi connectivity index (χ1v) is 6.33. The molecular formula is C14H19ClN4O. The summed E-state index contributed by atoms with van der Waals surface area (Å²) < 4.78 is 1.78. The fourth-order valence-corrected chi connectivity index (χ4v) is 1.79. The number of halogens is 1. The van der Waals surface area contributed by atoms with E-state index in [0.717, 1.165) is 11.3 Å². The van der Waals surface area contributed by atoms with Gasteiger partial charge in [-0.05, 0) is 24.1 Å². The summed E-state index contributed by atoms with van der Waals surface area (Å²) in [6, 6.07) is 9.23. The molecule has 3 N–H and O–H groups in total. The van der Waals surface area contributed by atoms with E-state index >= 15 is 0 Å². The van der Waals surface area contributed by atoms with Crippen LogP contribution in [0.3, 0.4) is 0 Å². The summed E-state index contributed by atoms with van der Waals surface area (Å²) in [5.74, 6) is -0.127. The van der Waals surface area contributed by atoms with Crippen molar-refractivity contribution in [2.75, 3.05) is 0 Å². The van der Waals surface area contributed by atoms with Gasteiger partial charge in [0, 0.05) is 18.9 Å². The standard InChI is InChI=1S/C14H18N4O.ClH/c1-2-12(15)14(19)16-10-11-6-3-4-7-13(11)18-9-5-8-17-18;/h3-9,12H,2,10,15H2,1H3,(H,16,19);1H/t12-;/m0./s1. The number of rotatable bonds is 5. The second-order valence-corrected chi connectivity index (χ2v) is 4.31. The van der Waals surface area contributed by atoms with Crippen molar-refractivity contribution in [1.82, 2.24) is 15.1 Å². The van der Waals surface area contributed by atoms with E-state index in [1.54, 1.807) is 10.9 Å². The average molecular weight is 295 g/mol. The molecule has 0 aliphatic carbocycles. The van der Waals surface area contributed by atoms with E-state index in [-0.39, 0.29) is 18.3 Å². The lowest BCUT2D eigenvalue weighted by Crippen LogP contribution is -2.39. The molecule has 0 unspecified atom stereocenters. The summed E-state index contributed by atoms with van der Waals surface area (Å²) in [5, 5.41) is 7.05. The Hall–Kier alpha value is -1.85. The van der Waals surface area contributed by atoms with Crippen molar-refractivity contribution in [2.45, 2.75) is 25.9 Å². The van der Waals surface area contributed by atoms with E-state index in [1.165, 1.54) is 0 Å². The summed E-state index contributed by atoms with van der Waals surface area (Å²) in [5.41, 5.74) is 7.64. The van der Waals surface area contributed by atoms with Gasteiger partial charge in [0.2, 0.25) is 5.91 Å². The van der Waals surface area contributed by atoms with E-state index in [4.69, 9.17) is 5.73 Å². The maximum absolute atomic E-state index is 11.7. The zero-order valence-electron chi connectivity index (χ0n) is 11.3. The number of aromatic nitrogens is 2. The number of nitrogens with two attached hydrogens (primary N) is 1. The van der Waals surface area contributed by atoms with E-state index < -0.39 is 6.04 Å². The highest BCUT2D eigenvalue weighted by molar-refractivity contribution is 5.85. The molecule has 1 aromatic carbocycles. The molecule has 20 heavy (non-hydrogen) atoms. The molecule has 2 rings (SSSR count). The lowest BCUT2D eigenvalue weighted by atomic mass is 10.1. The van der Waals surface area contributed by atoms with Gasteiger partial charge in [0.1, 0.15) is 0 Å². The molecule has 0 saturated carbocycles. The van der Waals surface area contributed by atoms with Crippen LogP contribution in [0.2, 0.25) is 0 Å². The van der Waals surface area contributed by atoms with Gasteiger partial charge in [-0.2, -0.15) is 5.10 Å². The van der Waals surface area contributed by atoms with E-state index in [0.29, 0.717) is 13.0 Å². The molecule has 0 saturated heterocycles. The van der Waals surface area contributed by atoms with Gasteiger partial charge in [0.15, 0.2) is 0 Å². The number of amides is 1. The SMILES string of the molecule is CC[C@H](N)C(=O)NCc1ccccc1-n1cccn1.Cl. The zero-order chi connectivity index (χ0) is 13.7. The van der Waals surface area contributed by atoms with Crippen molar-refractivity contribution >= 4 is 18.3 Å². The fourth-order valence-electron chi connectivity index (χ4n) is 1.79. The first-order chi connectivity index (χ1) is 9.22. The Bertz CT molecular complexity index is 542. The number of benzene rings is 1. The van der Waals surface area contributed by atoms with Crippen molar-refractivity contribution in [3.8, 4) is 5.69 Å². The molecule has 0 aliphatic rings. The number of carbonyl (C=O) groups excluding carboxylic acids is 1. The van der Waals surface area contributed by atoms with Crippen LogP contribution < -0.4 is 11.1 Å². The van der Waals surface area contributed by atoms with Gasteiger partial charge in [0.05, 0.1) is 11.7 Å². The van der Waals surface area contributed by atoms with Crippen molar-refractivity contribution in [3.63, 3.8) is 0 Å². The van der Waals surface area contributed by atoms with Gasteiger partial charge >= 0.3 is 0 Å². The second kappa shape index (κ2) is 7.67. The lowest BCUT2D eigenvalue weighted by molar-refractivity contribution is -0.122. The van der Waals surface area contributed by atoms with Crippen LogP contribution in [0.1, 0.15) is 18.9 Å². The summed E-state index contributed by atoms with van der Waals surface area (Å²) >= 11 is 0. The molecule has 5 nitrogen and oxygen atoms in total. The van der Waals surface area contributed by atoms with Crippen molar-refractivity contribution < 1.29 is 4.79 Å². The van der Waals surface area contributed by atoms with Gasteiger partial charge in [-0.3, -0.25) is 4.79 Å². The van der Waals surface area contributed by atoms with Crippen LogP contribution in [0.15, 0.2) is 42.7 Å². The summed E-state index contributed by atoms with van der Waals surface area (Å²) in [6.45, 7) is 2.34. The van der Waals surface area contributed by atoms with Crippen LogP contribution in [0.5, 0.6) is 0 Å². The quantitative estimate of drug-likeness (QED) is 0.880. The Morgan fingerprint density at radius 2 is 2.15 bits per heavy atom. The number of hydrogen-bond acceptors (Lipinski definition) is 3. The third kappa shape index (κ3) is 3.82. The number of nitrogens with zero attached hydrogens (tertiary/aromatic N) is 2. The molecule has 0 fully saturated rings. The first kappa shape index (κ1) is 16.2. The second-order valence-electron chi connectivity index (χ2n) is 4.31. The maximum atomic E-state index is 11.7. The largest absolute Gasteiger partial charge is 0.351 e. The van der Waals surface area contributed by atoms with Gasteiger partial charge in [-0.1, -0.05) is 25.1 Å². The Morgan fingerprint density at radius 3 is 2.80 bits per heavy atom. The molecule has 0 bridgehead atoms. The minimum Gasteiger partial charge on any atom is -0.351 e. The third-order valence-electron chi connectivity index (χ3n) is 2.97. The van der Waals surface area contributed by atoms with Crippen LogP contribution >= 0.6 is 12.4 Å². The number of nitrogens with one attached hydrogen (secondary N) is 1. The number of para-hydroxylation sites is 1.